The Morgan fingerprint density at radius 3 is 2.36 bits per heavy atom. The Bertz CT molecular complexity index is 981. The number of fused-ring (bicyclic) bond motifs is 1. The van der Waals surface area contributed by atoms with Crippen molar-refractivity contribution >= 4 is 28.7 Å². The van der Waals surface area contributed by atoms with Gasteiger partial charge in [-0.15, -0.1) is 0 Å². The van der Waals surface area contributed by atoms with E-state index in [4.69, 9.17) is 4.74 Å². The van der Waals surface area contributed by atoms with Crippen LogP contribution in [0, 0.1) is 6.92 Å². The number of aromatic nitrogens is 1. The van der Waals surface area contributed by atoms with E-state index in [0.717, 1.165) is 60.7 Å². The molecule has 2 N–H and O–H groups in total. The number of likely N-dealkylation sites (N-methyl/N-ethyl adjacent to an activating group) is 1. The van der Waals surface area contributed by atoms with Crippen molar-refractivity contribution in [3.8, 4) is 5.75 Å². The summed E-state index contributed by atoms with van der Waals surface area (Å²) in [6.45, 7) is 9.58. The van der Waals surface area contributed by atoms with Crippen LogP contribution >= 0.6 is 0 Å². The summed E-state index contributed by atoms with van der Waals surface area (Å²) in [5, 5.41) is 3.84. The van der Waals surface area contributed by atoms with Crippen molar-refractivity contribution in [1.82, 2.24) is 15.2 Å². The molecule has 7 heteroatoms. The molecule has 2 amide bonds. The zero-order chi connectivity index (χ0) is 24.6. The van der Waals surface area contributed by atoms with E-state index in [1.807, 2.05) is 13.0 Å². The largest absolute Gasteiger partial charge is 0.427 e. The van der Waals surface area contributed by atoms with E-state index in [9.17, 15) is 14.4 Å². The third-order valence-corrected chi connectivity index (χ3v) is 6.00. The molecule has 0 aliphatic heterocycles. The molecule has 33 heavy (non-hydrogen) atoms. The normalized spacial score (nSPS) is 12.9. The fraction of sp³-hybridized carbons (Fsp3) is 0.577. The molecule has 2 aromatic rings. The molecular weight excluding hydrogens is 418 g/mol. The molecule has 0 radical (unpaired) electrons. The Balaban J connectivity index is 2.71. The Labute approximate surface area is 197 Å². The summed E-state index contributed by atoms with van der Waals surface area (Å²) in [7, 11) is 1.80. The Kier molecular flexibility index (Phi) is 9.50. The van der Waals surface area contributed by atoms with E-state index in [0.29, 0.717) is 18.7 Å². The predicted molar refractivity (Wildman–Crippen MR) is 131 cm³/mol. The van der Waals surface area contributed by atoms with Crippen LogP contribution in [0.15, 0.2) is 18.2 Å². The zero-order valence-electron chi connectivity index (χ0n) is 21.0. The minimum Gasteiger partial charge on any atom is -0.427 e. The van der Waals surface area contributed by atoms with Gasteiger partial charge >= 0.3 is 5.97 Å². The highest BCUT2D eigenvalue weighted by Crippen LogP contribution is 2.39. The van der Waals surface area contributed by atoms with Gasteiger partial charge in [-0.2, -0.15) is 0 Å². The number of hydrogen-bond acceptors (Lipinski definition) is 4. The number of unbranched alkanes of at least 4 members (excludes halogenated alkanes) is 4. The summed E-state index contributed by atoms with van der Waals surface area (Å²) in [4.78, 5) is 43.1. The monoisotopic (exact) mass is 457 g/mol. The van der Waals surface area contributed by atoms with Crippen molar-refractivity contribution in [2.45, 2.75) is 85.1 Å². The van der Waals surface area contributed by atoms with E-state index >= 15 is 0 Å². The number of carbonyl (C=O) groups excluding carboxylic acids is 3. The molecule has 0 saturated carbocycles. The lowest BCUT2D eigenvalue weighted by Crippen LogP contribution is -2.56. The maximum Gasteiger partial charge on any atom is 0.308 e. The lowest BCUT2D eigenvalue weighted by molar-refractivity contribution is -0.141. The first kappa shape index (κ1) is 26.4. The van der Waals surface area contributed by atoms with Crippen molar-refractivity contribution in [3.05, 3.63) is 29.5 Å². The van der Waals surface area contributed by atoms with Crippen molar-refractivity contribution in [2.24, 2.45) is 0 Å². The van der Waals surface area contributed by atoms with Gasteiger partial charge in [0, 0.05) is 49.6 Å². The van der Waals surface area contributed by atoms with Gasteiger partial charge in [0.2, 0.25) is 5.91 Å². The smallest absolute Gasteiger partial charge is 0.308 e. The van der Waals surface area contributed by atoms with Crippen LogP contribution in [-0.2, 0) is 19.9 Å². The van der Waals surface area contributed by atoms with Gasteiger partial charge in [0.25, 0.3) is 5.91 Å². The SMILES string of the molecule is CCCCCCC(NC(C)=O)(C(=O)N(C)CCCC)c1c(C)[nH]c2ccc(OC(C)=O)cc12. The minimum absolute atomic E-state index is 0.121. The number of ether oxygens (including phenoxy) is 1. The molecule has 2 rings (SSSR count). The average Bonchev–Trinajstić information content (AvgIpc) is 3.08. The summed E-state index contributed by atoms with van der Waals surface area (Å²) < 4.78 is 5.32. The van der Waals surface area contributed by atoms with E-state index in [2.05, 4.69) is 24.1 Å². The van der Waals surface area contributed by atoms with Crippen LogP contribution in [0.2, 0.25) is 0 Å². The number of benzene rings is 1. The molecule has 7 nitrogen and oxygen atoms in total. The molecule has 0 fully saturated rings. The van der Waals surface area contributed by atoms with Crippen molar-refractivity contribution in [1.29, 1.82) is 0 Å². The van der Waals surface area contributed by atoms with Crippen LogP contribution in [0.1, 0.15) is 83.9 Å². The van der Waals surface area contributed by atoms with Gasteiger partial charge in [-0.1, -0.05) is 46.0 Å². The summed E-state index contributed by atoms with van der Waals surface area (Å²) >= 11 is 0. The fourth-order valence-electron chi connectivity index (χ4n) is 4.54. The lowest BCUT2D eigenvalue weighted by Gasteiger charge is -2.37. The van der Waals surface area contributed by atoms with Crippen molar-refractivity contribution in [2.75, 3.05) is 13.6 Å². The quantitative estimate of drug-likeness (QED) is 0.268. The predicted octanol–water partition coefficient (Wildman–Crippen LogP) is 4.96. The van der Waals surface area contributed by atoms with Crippen LogP contribution in [0.4, 0.5) is 0 Å². The second-order valence-electron chi connectivity index (χ2n) is 8.90. The Morgan fingerprint density at radius 2 is 1.76 bits per heavy atom. The van der Waals surface area contributed by atoms with Crippen LogP contribution in [0.3, 0.4) is 0 Å². The molecule has 1 aromatic carbocycles. The Hall–Kier alpha value is -2.83. The number of H-pyrrole nitrogens is 1. The standard InChI is InChI=1S/C26H39N3O4/c1-7-9-11-12-15-26(28-19(4)30,25(32)29(6)16-10-8-2)24-18(3)27-23-14-13-21(17-22(23)24)33-20(5)31/h13-14,17,27H,7-12,15-16H2,1-6H3,(H,28,30). The summed E-state index contributed by atoms with van der Waals surface area (Å²) in [6.07, 6.45) is 6.28. The number of rotatable bonds is 12. The molecule has 1 unspecified atom stereocenters. The molecule has 1 atom stereocenters. The van der Waals surface area contributed by atoms with Gasteiger partial charge in [-0.05, 0) is 38.0 Å². The van der Waals surface area contributed by atoms with Gasteiger partial charge in [0.05, 0.1) is 0 Å². The number of nitrogens with one attached hydrogen (secondary N) is 2. The topological polar surface area (TPSA) is 91.5 Å². The summed E-state index contributed by atoms with van der Waals surface area (Å²) in [5.41, 5.74) is 1.17. The average molecular weight is 458 g/mol. The molecule has 1 aromatic heterocycles. The third kappa shape index (κ3) is 6.36. The highest BCUT2D eigenvalue weighted by Gasteiger charge is 2.45. The van der Waals surface area contributed by atoms with Crippen LogP contribution in [0.5, 0.6) is 5.75 Å². The van der Waals surface area contributed by atoms with Crippen molar-refractivity contribution in [3.63, 3.8) is 0 Å². The fourth-order valence-corrected chi connectivity index (χ4v) is 4.54. The maximum atomic E-state index is 14.0. The molecule has 0 bridgehead atoms. The van der Waals surface area contributed by atoms with Crippen LogP contribution < -0.4 is 10.1 Å². The van der Waals surface area contributed by atoms with Crippen LogP contribution in [-0.4, -0.2) is 41.3 Å². The van der Waals surface area contributed by atoms with E-state index in [1.54, 1.807) is 24.1 Å². The van der Waals surface area contributed by atoms with E-state index in [-0.39, 0.29) is 11.8 Å². The first-order valence-corrected chi connectivity index (χ1v) is 12.0. The number of nitrogens with zero attached hydrogens (tertiary/aromatic N) is 1. The maximum absolute atomic E-state index is 14.0. The molecular formula is C26H39N3O4. The van der Waals surface area contributed by atoms with Crippen LogP contribution in [0.25, 0.3) is 10.9 Å². The van der Waals surface area contributed by atoms with Crippen molar-refractivity contribution < 1.29 is 19.1 Å². The number of aromatic amines is 1. The van der Waals surface area contributed by atoms with Gasteiger partial charge in [0.15, 0.2) is 0 Å². The molecule has 1 heterocycles. The summed E-state index contributed by atoms with van der Waals surface area (Å²) in [5.74, 6) is -0.381. The van der Waals surface area contributed by atoms with E-state index < -0.39 is 11.5 Å². The number of hydrogen-bond donors (Lipinski definition) is 2. The summed E-state index contributed by atoms with van der Waals surface area (Å²) in [6, 6.07) is 5.34. The van der Waals surface area contributed by atoms with Gasteiger partial charge in [-0.25, -0.2) is 0 Å². The number of esters is 1. The minimum atomic E-state index is -1.21. The lowest BCUT2D eigenvalue weighted by atomic mass is 9.81. The molecule has 0 spiro atoms. The highest BCUT2D eigenvalue weighted by atomic mass is 16.5. The molecule has 0 saturated heterocycles. The molecule has 0 aliphatic rings. The Morgan fingerprint density at radius 1 is 1.06 bits per heavy atom. The zero-order valence-corrected chi connectivity index (χ0v) is 21.0. The van der Waals surface area contributed by atoms with Gasteiger partial charge in [0.1, 0.15) is 11.3 Å². The third-order valence-electron chi connectivity index (χ3n) is 6.00. The number of carbonyl (C=O) groups is 3. The second kappa shape index (κ2) is 11.9. The number of amides is 2. The first-order chi connectivity index (χ1) is 15.7. The van der Waals surface area contributed by atoms with Gasteiger partial charge < -0.3 is 19.9 Å². The second-order valence-corrected chi connectivity index (χ2v) is 8.90. The number of aryl methyl sites for hydroxylation is 1. The molecule has 0 aliphatic carbocycles. The van der Waals surface area contributed by atoms with Gasteiger partial charge in [-0.3, -0.25) is 14.4 Å². The van der Waals surface area contributed by atoms with E-state index in [1.165, 1.54) is 13.8 Å². The molecule has 182 valence electrons. The highest BCUT2D eigenvalue weighted by molar-refractivity contribution is 5.99. The first-order valence-electron chi connectivity index (χ1n) is 12.0.